The second-order valence-corrected chi connectivity index (χ2v) is 4.19. The minimum absolute atomic E-state index is 0.301. The van der Waals surface area contributed by atoms with Gasteiger partial charge in [-0.2, -0.15) is 13.2 Å². The maximum absolute atomic E-state index is 13.5. The van der Waals surface area contributed by atoms with Crippen LogP contribution in [0, 0.1) is 5.41 Å². The first-order chi connectivity index (χ1) is 7.59. The molecule has 1 aliphatic heterocycles. The van der Waals surface area contributed by atoms with Crippen molar-refractivity contribution in [2.75, 3.05) is 13.1 Å². The summed E-state index contributed by atoms with van der Waals surface area (Å²) in [4.78, 5) is 21.9. The molecule has 1 saturated heterocycles. The zero-order valence-corrected chi connectivity index (χ0v) is 8.92. The molecular formula is C9H11F4NO3. The van der Waals surface area contributed by atoms with Crippen molar-refractivity contribution in [3.8, 4) is 0 Å². The molecule has 1 fully saturated rings. The van der Waals surface area contributed by atoms with Crippen LogP contribution in [0.5, 0.6) is 0 Å². The van der Waals surface area contributed by atoms with Gasteiger partial charge in [-0.15, -0.1) is 0 Å². The van der Waals surface area contributed by atoms with Crippen molar-refractivity contribution < 1.29 is 32.3 Å². The Hall–Kier alpha value is -1.34. The maximum Gasteiger partial charge on any atom is 0.471 e. The summed E-state index contributed by atoms with van der Waals surface area (Å²) < 4.78 is 49.8. The third-order valence-electron chi connectivity index (χ3n) is 2.99. The Morgan fingerprint density at radius 2 is 1.94 bits per heavy atom. The van der Waals surface area contributed by atoms with E-state index in [2.05, 4.69) is 0 Å². The average Bonchev–Trinajstić information content (AvgIpc) is 2.19. The van der Waals surface area contributed by atoms with Crippen LogP contribution in [-0.2, 0) is 9.59 Å². The van der Waals surface area contributed by atoms with Gasteiger partial charge in [0.05, 0.1) is 12.0 Å². The fourth-order valence-corrected chi connectivity index (χ4v) is 1.61. The molecule has 1 amide bonds. The van der Waals surface area contributed by atoms with Crippen molar-refractivity contribution in [3.63, 3.8) is 0 Å². The van der Waals surface area contributed by atoms with Crippen molar-refractivity contribution >= 4 is 11.9 Å². The highest BCUT2D eigenvalue weighted by Crippen LogP contribution is 2.35. The summed E-state index contributed by atoms with van der Waals surface area (Å²) in [5, 5.41) is 8.79. The van der Waals surface area contributed by atoms with Crippen LogP contribution < -0.4 is 0 Å². The van der Waals surface area contributed by atoms with E-state index in [9.17, 15) is 27.2 Å². The van der Waals surface area contributed by atoms with E-state index in [0.29, 0.717) is 4.90 Å². The molecule has 0 radical (unpaired) electrons. The second-order valence-electron chi connectivity index (χ2n) is 4.19. The van der Waals surface area contributed by atoms with Crippen LogP contribution in [0.1, 0.15) is 13.3 Å². The molecule has 2 unspecified atom stereocenters. The molecule has 0 aromatic carbocycles. The number of piperidine rings is 1. The molecule has 1 rings (SSSR count). The molecule has 0 aromatic heterocycles. The van der Waals surface area contributed by atoms with Crippen molar-refractivity contribution in [1.82, 2.24) is 4.90 Å². The summed E-state index contributed by atoms with van der Waals surface area (Å²) in [6.07, 6.45) is -7.41. The van der Waals surface area contributed by atoms with Gasteiger partial charge in [0, 0.05) is 6.54 Å². The van der Waals surface area contributed by atoms with E-state index in [1.807, 2.05) is 0 Å². The van der Waals surface area contributed by atoms with Crippen molar-refractivity contribution in [3.05, 3.63) is 0 Å². The Morgan fingerprint density at radius 1 is 1.41 bits per heavy atom. The number of carboxylic acid groups (broad SMARTS) is 1. The standard InChI is InChI=1S/C9H11F4NO3/c1-8(7(16)17)2-3-14(4-5(8)10)6(15)9(11,12)13/h5H,2-4H2,1H3,(H,16,17). The zero-order chi connectivity index (χ0) is 13.4. The van der Waals surface area contributed by atoms with Gasteiger partial charge in [-0.05, 0) is 13.3 Å². The highest BCUT2D eigenvalue weighted by Gasteiger charge is 2.51. The summed E-state index contributed by atoms with van der Waals surface area (Å²) in [6, 6.07) is 0. The number of hydrogen-bond donors (Lipinski definition) is 1. The number of halogens is 4. The second kappa shape index (κ2) is 4.15. The minimum atomic E-state index is -5.06. The molecule has 2 atom stereocenters. The molecule has 0 aromatic rings. The molecule has 1 N–H and O–H groups in total. The number of carboxylic acids is 1. The first-order valence-electron chi connectivity index (χ1n) is 4.82. The first-order valence-corrected chi connectivity index (χ1v) is 4.82. The number of carbonyl (C=O) groups excluding carboxylic acids is 1. The van der Waals surface area contributed by atoms with Crippen LogP contribution in [0.4, 0.5) is 17.6 Å². The lowest BCUT2D eigenvalue weighted by Crippen LogP contribution is -2.55. The van der Waals surface area contributed by atoms with Gasteiger partial charge in [0.1, 0.15) is 6.17 Å². The maximum atomic E-state index is 13.5. The van der Waals surface area contributed by atoms with Gasteiger partial charge >= 0.3 is 18.1 Å². The number of amides is 1. The van der Waals surface area contributed by atoms with Crippen LogP contribution in [-0.4, -0.2) is 47.3 Å². The fourth-order valence-electron chi connectivity index (χ4n) is 1.61. The molecular weight excluding hydrogens is 246 g/mol. The topological polar surface area (TPSA) is 57.6 Å². The number of hydrogen-bond acceptors (Lipinski definition) is 2. The Labute approximate surface area is 94.2 Å². The Balaban J connectivity index is 2.78. The van der Waals surface area contributed by atoms with E-state index < -0.39 is 42.7 Å². The molecule has 0 spiro atoms. The molecule has 17 heavy (non-hydrogen) atoms. The normalized spacial score (nSPS) is 30.2. The number of aliphatic carboxylic acids is 1. The van der Waals surface area contributed by atoms with E-state index in [4.69, 9.17) is 5.11 Å². The minimum Gasteiger partial charge on any atom is -0.481 e. The molecule has 0 aliphatic carbocycles. The predicted molar refractivity (Wildman–Crippen MR) is 47.9 cm³/mol. The zero-order valence-electron chi connectivity index (χ0n) is 8.92. The smallest absolute Gasteiger partial charge is 0.471 e. The Morgan fingerprint density at radius 3 is 2.29 bits per heavy atom. The van der Waals surface area contributed by atoms with Gasteiger partial charge in [0.25, 0.3) is 0 Å². The molecule has 98 valence electrons. The SMILES string of the molecule is CC1(C(=O)O)CCN(C(=O)C(F)(F)F)CC1F. The summed E-state index contributed by atoms with van der Waals surface area (Å²) in [7, 11) is 0. The van der Waals surface area contributed by atoms with Gasteiger partial charge < -0.3 is 10.0 Å². The lowest BCUT2D eigenvalue weighted by molar-refractivity contribution is -0.190. The third kappa shape index (κ3) is 2.50. The largest absolute Gasteiger partial charge is 0.481 e. The fraction of sp³-hybridized carbons (Fsp3) is 0.778. The lowest BCUT2D eigenvalue weighted by Gasteiger charge is -2.39. The summed E-state index contributed by atoms with van der Waals surface area (Å²) in [5.74, 6) is -3.54. The van der Waals surface area contributed by atoms with E-state index >= 15 is 0 Å². The Kier molecular flexibility index (Phi) is 3.35. The van der Waals surface area contributed by atoms with Crippen LogP contribution >= 0.6 is 0 Å². The van der Waals surface area contributed by atoms with Crippen LogP contribution in [0.25, 0.3) is 0 Å². The molecule has 1 heterocycles. The quantitative estimate of drug-likeness (QED) is 0.718. The number of carbonyl (C=O) groups is 2. The van der Waals surface area contributed by atoms with E-state index in [1.54, 1.807) is 0 Å². The molecule has 4 nitrogen and oxygen atoms in total. The molecule has 1 aliphatic rings. The van der Waals surface area contributed by atoms with Crippen molar-refractivity contribution in [2.45, 2.75) is 25.7 Å². The predicted octanol–water partition coefficient (Wildman–Crippen LogP) is 1.21. The van der Waals surface area contributed by atoms with E-state index in [-0.39, 0.29) is 6.42 Å². The van der Waals surface area contributed by atoms with Gasteiger partial charge in [-0.1, -0.05) is 0 Å². The first kappa shape index (κ1) is 13.7. The van der Waals surface area contributed by atoms with Gasteiger partial charge in [0.2, 0.25) is 0 Å². The number of rotatable bonds is 1. The average molecular weight is 257 g/mol. The van der Waals surface area contributed by atoms with Crippen LogP contribution in [0.15, 0.2) is 0 Å². The number of likely N-dealkylation sites (tertiary alicyclic amines) is 1. The Bertz CT molecular complexity index is 344. The number of alkyl halides is 4. The third-order valence-corrected chi connectivity index (χ3v) is 2.99. The molecule has 0 saturated carbocycles. The van der Waals surface area contributed by atoms with Gasteiger partial charge in [0.15, 0.2) is 0 Å². The van der Waals surface area contributed by atoms with Crippen molar-refractivity contribution in [1.29, 1.82) is 0 Å². The summed E-state index contributed by atoms with van der Waals surface area (Å²) in [6.45, 7) is -0.141. The summed E-state index contributed by atoms with van der Waals surface area (Å²) in [5.41, 5.74) is -1.73. The summed E-state index contributed by atoms with van der Waals surface area (Å²) >= 11 is 0. The monoisotopic (exact) mass is 257 g/mol. The highest BCUT2D eigenvalue weighted by molar-refractivity contribution is 5.82. The van der Waals surface area contributed by atoms with E-state index in [1.165, 1.54) is 0 Å². The van der Waals surface area contributed by atoms with Crippen LogP contribution in [0.2, 0.25) is 0 Å². The van der Waals surface area contributed by atoms with Gasteiger partial charge in [-0.25, -0.2) is 4.39 Å². The van der Waals surface area contributed by atoms with Gasteiger partial charge in [-0.3, -0.25) is 9.59 Å². The number of nitrogens with zero attached hydrogens (tertiary/aromatic N) is 1. The van der Waals surface area contributed by atoms with E-state index in [0.717, 1.165) is 6.92 Å². The molecule has 8 heteroatoms. The lowest BCUT2D eigenvalue weighted by atomic mass is 9.79. The van der Waals surface area contributed by atoms with Crippen LogP contribution in [0.3, 0.4) is 0 Å². The molecule has 0 bridgehead atoms. The highest BCUT2D eigenvalue weighted by atomic mass is 19.4. The van der Waals surface area contributed by atoms with Crippen molar-refractivity contribution in [2.24, 2.45) is 5.41 Å².